The zero-order chi connectivity index (χ0) is 6.41. The second-order valence-electron chi connectivity index (χ2n) is 1.04. The van der Waals surface area contributed by atoms with Gasteiger partial charge in [0.1, 0.15) is 10.5 Å². The Labute approximate surface area is 50.2 Å². The maximum absolute atomic E-state index is 9.66. The van der Waals surface area contributed by atoms with Crippen LogP contribution in [0, 0.1) is 11.8 Å². The van der Waals surface area contributed by atoms with Crippen LogP contribution in [-0.4, -0.2) is 28.2 Å². The van der Waals surface area contributed by atoms with E-state index in [-0.39, 0.29) is 6.61 Å². The van der Waals surface area contributed by atoms with Crippen LogP contribution in [0.5, 0.6) is 0 Å². The molecule has 0 aliphatic carbocycles. The highest BCUT2D eigenvalue weighted by atomic mass is 28.2. The Kier molecular flexibility index (Phi) is 3.93. The van der Waals surface area contributed by atoms with E-state index in [1.165, 1.54) is 0 Å². The van der Waals surface area contributed by atoms with E-state index in [2.05, 4.69) is 10.3 Å². The molecule has 0 saturated heterocycles. The van der Waals surface area contributed by atoms with Gasteiger partial charge in [0.15, 0.2) is 0 Å². The maximum Gasteiger partial charge on any atom is 0.381 e. The molecule has 0 aliphatic heterocycles. The van der Waals surface area contributed by atoms with E-state index >= 15 is 0 Å². The summed E-state index contributed by atoms with van der Waals surface area (Å²) < 4.78 is 4.59. The Balaban J connectivity index is 3.35. The van der Waals surface area contributed by atoms with Gasteiger partial charge in [-0.1, -0.05) is 5.92 Å². The molecule has 1 N–H and O–H groups in total. The van der Waals surface area contributed by atoms with E-state index < -0.39 is 5.97 Å². The summed E-state index contributed by atoms with van der Waals surface area (Å²) in [7, 11) is 0.604. The van der Waals surface area contributed by atoms with Crippen LogP contribution in [-0.2, 0) is 9.22 Å². The number of carboxylic acid groups (broad SMARTS) is 1. The van der Waals surface area contributed by atoms with Gasteiger partial charge < -0.3 is 9.53 Å². The summed E-state index contributed by atoms with van der Waals surface area (Å²) in [5.74, 6) is 3.10. The summed E-state index contributed by atoms with van der Waals surface area (Å²) in [5.41, 5.74) is 0. The molecule has 0 fully saturated rings. The van der Waals surface area contributed by atoms with Gasteiger partial charge in [-0.15, -0.1) is 0 Å². The number of carbonyl (C=O) groups is 1. The molecule has 0 heterocycles. The van der Waals surface area contributed by atoms with Crippen LogP contribution < -0.4 is 0 Å². The average Bonchev–Trinajstić information content (AvgIpc) is 1.66. The molecule has 0 unspecified atom stereocenters. The van der Waals surface area contributed by atoms with E-state index in [0.717, 1.165) is 0 Å². The predicted octanol–water partition coefficient (Wildman–Crippen LogP) is -1.63. The van der Waals surface area contributed by atoms with Crippen LogP contribution >= 0.6 is 0 Å². The van der Waals surface area contributed by atoms with Gasteiger partial charge in [-0.05, 0) is 0 Å². The Hall–Kier alpha value is -0.793. The predicted molar refractivity (Wildman–Crippen MR) is 31.3 cm³/mol. The van der Waals surface area contributed by atoms with E-state index in [1.807, 2.05) is 5.92 Å². The van der Waals surface area contributed by atoms with Crippen molar-refractivity contribution in [3.05, 3.63) is 0 Å². The molecule has 0 atom stereocenters. The zero-order valence-electron chi connectivity index (χ0n) is 4.47. The molecule has 8 heavy (non-hydrogen) atoms. The Morgan fingerprint density at radius 2 is 2.50 bits per heavy atom. The molecule has 0 aromatic carbocycles. The van der Waals surface area contributed by atoms with Gasteiger partial charge >= 0.3 is 5.97 Å². The highest BCUT2D eigenvalue weighted by Crippen LogP contribution is 1.60. The number of hydrogen-bond acceptors (Lipinski definition) is 2. The van der Waals surface area contributed by atoms with Crippen LogP contribution in [0.2, 0.25) is 0 Å². The number of hydrogen-bond donors (Lipinski definition) is 1. The molecule has 0 aromatic rings. The Morgan fingerprint density at radius 1 is 1.88 bits per heavy atom. The second-order valence-corrected chi connectivity index (χ2v) is 1.62. The van der Waals surface area contributed by atoms with Gasteiger partial charge in [0, 0.05) is 5.92 Å². The first-order chi connectivity index (χ1) is 3.77. The molecule has 0 spiro atoms. The molecule has 0 radical (unpaired) electrons. The quantitative estimate of drug-likeness (QED) is 0.342. The van der Waals surface area contributed by atoms with Gasteiger partial charge in [-0.2, -0.15) is 0 Å². The molecule has 3 nitrogen and oxygen atoms in total. The minimum absolute atomic E-state index is 0.235. The average molecular weight is 130 g/mol. The second kappa shape index (κ2) is 4.37. The largest absolute Gasteiger partial charge is 0.472 e. The fourth-order valence-corrected chi connectivity index (χ4v) is 0.328. The number of rotatable bonds is 1. The van der Waals surface area contributed by atoms with E-state index in [4.69, 9.17) is 5.11 Å². The van der Waals surface area contributed by atoms with E-state index in [9.17, 15) is 4.79 Å². The minimum Gasteiger partial charge on any atom is -0.472 e. The third kappa shape index (κ3) is 5.21. The van der Waals surface area contributed by atoms with E-state index in [0.29, 0.717) is 10.5 Å². The van der Waals surface area contributed by atoms with Crippen molar-refractivity contribution in [3.8, 4) is 11.8 Å². The van der Waals surface area contributed by atoms with Crippen LogP contribution in [0.3, 0.4) is 0 Å². The molecule has 44 valence electrons. The standard InChI is InChI=1S/C4H6O3Si/c5-4(6)2-1-3-7-8/h3H2,8H3,(H,5,6). The molecular formula is C4H6O3Si. The van der Waals surface area contributed by atoms with Crippen LogP contribution in [0.1, 0.15) is 0 Å². The highest BCUT2D eigenvalue weighted by molar-refractivity contribution is 5.98. The molecule has 0 aromatic heterocycles. The van der Waals surface area contributed by atoms with Crippen molar-refractivity contribution in [1.29, 1.82) is 0 Å². The fraction of sp³-hybridized carbons (Fsp3) is 0.250. The van der Waals surface area contributed by atoms with E-state index in [1.54, 1.807) is 0 Å². The number of carboxylic acids is 1. The zero-order valence-corrected chi connectivity index (χ0v) is 6.47. The molecular weight excluding hydrogens is 124 g/mol. The first kappa shape index (κ1) is 7.21. The van der Waals surface area contributed by atoms with Gasteiger partial charge in [0.05, 0.1) is 6.61 Å². The first-order valence-electron chi connectivity index (χ1n) is 1.98. The summed E-state index contributed by atoms with van der Waals surface area (Å²) in [4.78, 5) is 9.66. The normalized spacial score (nSPS) is 7.50. The van der Waals surface area contributed by atoms with Crippen molar-refractivity contribution in [2.24, 2.45) is 0 Å². The number of aliphatic carboxylic acids is 1. The van der Waals surface area contributed by atoms with Crippen molar-refractivity contribution in [2.45, 2.75) is 0 Å². The highest BCUT2D eigenvalue weighted by Gasteiger charge is 1.79. The van der Waals surface area contributed by atoms with Crippen molar-refractivity contribution >= 4 is 16.5 Å². The maximum atomic E-state index is 9.66. The monoisotopic (exact) mass is 130 g/mol. The third-order valence-electron chi connectivity index (χ3n) is 0.412. The van der Waals surface area contributed by atoms with Crippen molar-refractivity contribution in [1.82, 2.24) is 0 Å². The molecule has 0 aliphatic rings. The van der Waals surface area contributed by atoms with Crippen LogP contribution in [0.25, 0.3) is 0 Å². The van der Waals surface area contributed by atoms with Gasteiger partial charge in [-0.3, -0.25) is 0 Å². The molecule has 0 saturated carbocycles. The Bertz CT molecular complexity index is 132. The van der Waals surface area contributed by atoms with Crippen molar-refractivity contribution < 1.29 is 14.3 Å². The topological polar surface area (TPSA) is 46.5 Å². The van der Waals surface area contributed by atoms with Crippen LogP contribution in [0.15, 0.2) is 0 Å². The lowest BCUT2D eigenvalue weighted by Gasteiger charge is -1.79. The van der Waals surface area contributed by atoms with Gasteiger partial charge in [0.2, 0.25) is 0 Å². The molecule has 0 bridgehead atoms. The first-order valence-corrected chi connectivity index (χ1v) is 2.79. The summed E-state index contributed by atoms with van der Waals surface area (Å²) in [5, 5.41) is 7.92. The summed E-state index contributed by atoms with van der Waals surface area (Å²) in [6, 6.07) is 0. The SMILES string of the molecule is O=C(O)C#CCO[SiH3]. The molecule has 0 amide bonds. The van der Waals surface area contributed by atoms with Crippen molar-refractivity contribution in [2.75, 3.05) is 6.61 Å². The molecule has 0 rings (SSSR count). The minimum atomic E-state index is -1.11. The lowest BCUT2D eigenvalue weighted by atomic mass is 10.6. The Morgan fingerprint density at radius 3 is 2.88 bits per heavy atom. The lowest BCUT2D eigenvalue weighted by Crippen LogP contribution is -1.89. The van der Waals surface area contributed by atoms with Gasteiger partial charge in [0.25, 0.3) is 0 Å². The summed E-state index contributed by atoms with van der Waals surface area (Å²) in [6.07, 6.45) is 0. The summed E-state index contributed by atoms with van der Waals surface area (Å²) >= 11 is 0. The third-order valence-corrected chi connectivity index (χ3v) is 0.701. The lowest BCUT2D eigenvalue weighted by molar-refractivity contribution is -0.130. The van der Waals surface area contributed by atoms with Crippen molar-refractivity contribution in [3.63, 3.8) is 0 Å². The smallest absolute Gasteiger partial charge is 0.381 e. The van der Waals surface area contributed by atoms with Gasteiger partial charge in [-0.25, -0.2) is 4.79 Å². The fourth-order valence-electron chi connectivity index (χ4n) is 0.184. The van der Waals surface area contributed by atoms with Crippen LogP contribution in [0.4, 0.5) is 0 Å². The molecule has 4 heteroatoms. The summed E-state index contributed by atoms with van der Waals surface area (Å²) in [6.45, 7) is 0.235.